The van der Waals surface area contributed by atoms with Crippen molar-refractivity contribution in [1.29, 1.82) is 0 Å². The molecular weight excluding hydrogens is 250 g/mol. The molecule has 0 amide bonds. The van der Waals surface area contributed by atoms with E-state index in [4.69, 9.17) is 9.47 Å². The van der Waals surface area contributed by atoms with E-state index in [1.54, 1.807) is 7.11 Å². The molecule has 3 heteroatoms. The Morgan fingerprint density at radius 2 is 2.05 bits per heavy atom. The van der Waals surface area contributed by atoms with E-state index in [0.29, 0.717) is 5.92 Å². The molecule has 0 aromatic heterocycles. The second-order valence-electron chi connectivity index (χ2n) is 5.70. The lowest BCUT2D eigenvalue weighted by Crippen LogP contribution is -2.34. The van der Waals surface area contributed by atoms with Gasteiger partial charge in [-0.2, -0.15) is 0 Å². The average molecular weight is 277 g/mol. The SMILES string of the molecule is COCCNCC1CCCOC1c1c(C)cccc1C. The molecule has 3 nitrogen and oxygen atoms in total. The first-order chi connectivity index (χ1) is 9.74. The summed E-state index contributed by atoms with van der Waals surface area (Å²) in [6, 6.07) is 6.51. The summed E-state index contributed by atoms with van der Waals surface area (Å²) in [6.45, 7) is 7.94. The normalized spacial score (nSPS) is 22.9. The molecule has 2 rings (SSSR count). The minimum Gasteiger partial charge on any atom is -0.383 e. The van der Waals surface area contributed by atoms with Crippen molar-refractivity contribution in [1.82, 2.24) is 5.32 Å². The molecule has 1 saturated heterocycles. The van der Waals surface area contributed by atoms with Gasteiger partial charge in [-0.1, -0.05) is 18.2 Å². The minimum atomic E-state index is 0.236. The molecule has 0 aliphatic carbocycles. The van der Waals surface area contributed by atoms with E-state index in [2.05, 4.69) is 37.4 Å². The third-order valence-corrected chi connectivity index (χ3v) is 4.16. The molecule has 2 atom stereocenters. The molecule has 1 aliphatic heterocycles. The number of nitrogens with one attached hydrogen (secondary N) is 1. The van der Waals surface area contributed by atoms with Gasteiger partial charge in [-0.05, 0) is 43.4 Å². The summed E-state index contributed by atoms with van der Waals surface area (Å²) in [4.78, 5) is 0. The fraction of sp³-hybridized carbons (Fsp3) is 0.647. The quantitative estimate of drug-likeness (QED) is 0.811. The highest BCUT2D eigenvalue weighted by Gasteiger charge is 2.29. The van der Waals surface area contributed by atoms with E-state index >= 15 is 0 Å². The average Bonchev–Trinajstić information content (AvgIpc) is 2.45. The molecule has 1 aromatic carbocycles. The first-order valence-electron chi connectivity index (χ1n) is 7.61. The number of ether oxygens (including phenoxy) is 2. The Morgan fingerprint density at radius 3 is 2.75 bits per heavy atom. The molecule has 1 aliphatic rings. The van der Waals surface area contributed by atoms with E-state index in [1.165, 1.54) is 23.1 Å². The van der Waals surface area contributed by atoms with E-state index in [9.17, 15) is 0 Å². The first kappa shape index (κ1) is 15.5. The monoisotopic (exact) mass is 277 g/mol. The summed E-state index contributed by atoms with van der Waals surface area (Å²) in [5, 5.41) is 3.49. The van der Waals surface area contributed by atoms with Crippen molar-refractivity contribution < 1.29 is 9.47 Å². The Morgan fingerprint density at radius 1 is 1.30 bits per heavy atom. The topological polar surface area (TPSA) is 30.5 Å². The van der Waals surface area contributed by atoms with E-state index in [0.717, 1.165) is 32.7 Å². The molecule has 1 aromatic rings. The van der Waals surface area contributed by atoms with Gasteiger partial charge in [-0.15, -0.1) is 0 Å². The van der Waals surface area contributed by atoms with Gasteiger partial charge in [0.15, 0.2) is 0 Å². The standard InChI is InChI=1S/C17H27NO2/c1-13-6-4-7-14(2)16(13)17-15(8-5-10-20-17)12-18-9-11-19-3/h4,6-7,15,17-18H,5,8-12H2,1-3H3. The maximum absolute atomic E-state index is 6.12. The van der Waals surface area contributed by atoms with Crippen molar-refractivity contribution in [2.75, 3.05) is 33.4 Å². The number of methoxy groups -OCH3 is 1. The zero-order valence-corrected chi connectivity index (χ0v) is 12.9. The second kappa shape index (κ2) is 7.77. The first-order valence-corrected chi connectivity index (χ1v) is 7.61. The summed E-state index contributed by atoms with van der Waals surface area (Å²) in [5.74, 6) is 0.556. The van der Waals surface area contributed by atoms with Gasteiger partial charge in [-0.3, -0.25) is 0 Å². The predicted molar refractivity (Wildman–Crippen MR) is 82.1 cm³/mol. The van der Waals surface area contributed by atoms with E-state index in [-0.39, 0.29) is 6.10 Å². The van der Waals surface area contributed by atoms with Gasteiger partial charge in [0.2, 0.25) is 0 Å². The third kappa shape index (κ3) is 3.81. The van der Waals surface area contributed by atoms with Crippen molar-refractivity contribution in [3.63, 3.8) is 0 Å². The molecule has 0 radical (unpaired) electrons. The van der Waals surface area contributed by atoms with Crippen LogP contribution in [0.3, 0.4) is 0 Å². The number of aryl methyl sites for hydroxylation is 2. The van der Waals surface area contributed by atoms with Crippen LogP contribution in [0.5, 0.6) is 0 Å². The molecular formula is C17H27NO2. The Balaban J connectivity index is 2.06. The lowest BCUT2D eigenvalue weighted by molar-refractivity contribution is -0.0287. The van der Waals surface area contributed by atoms with E-state index in [1.807, 2.05) is 0 Å². The zero-order valence-electron chi connectivity index (χ0n) is 12.9. The molecule has 20 heavy (non-hydrogen) atoms. The van der Waals surface area contributed by atoms with Crippen LogP contribution in [0.15, 0.2) is 18.2 Å². The lowest BCUT2D eigenvalue weighted by atomic mass is 9.85. The Bertz CT molecular complexity index is 399. The van der Waals surface area contributed by atoms with Crippen molar-refractivity contribution >= 4 is 0 Å². The van der Waals surface area contributed by atoms with Crippen LogP contribution in [0.4, 0.5) is 0 Å². The summed E-state index contributed by atoms with van der Waals surface area (Å²) < 4.78 is 11.2. The largest absolute Gasteiger partial charge is 0.383 e. The lowest BCUT2D eigenvalue weighted by Gasteiger charge is -2.34. The summed E-state index contributed by atoms with van der Waals surface area (Å²) >= 11 is 0. The number of benzene rings is 1. The highest BCUT2D eigenvalue weighted by atomic mass is 16.5. The number of rotatable bonds is 6. The van der Waals surface area contributed by atoms with Crippen LogP contribution < -0.4 is 5.32 Å². The Hall–Kier alpha value is -0.900. The van der Waals surface area contributed by atoms with Crippen molar-refractivity contribution in [2.24, 2.45) is 5.92 Å². The summed E-state index contributed by atoms with van der Waals surface area (Å²) in [6.07, 6.45) is 2.64. The highest BCUT2D eigenvalue weighted by Crippen LogP contribution is 2.36. The molecule has 0 bridgehead atoms. The van der Waals surface area contributed by atoms with Crippen molar-refractivity contribution in [3.8, 4) is 0 Å². The minimum absolute atomic E-state index is 0.236. The van der Waals surface area contributed by atoms with Gasteiger partial charge in [0, 0.05) is 32.7 Å². The van der Waals surface area contributed by atoms with Gasteiger partial charge in [0.25, 0.3) is 0 Å². The maximum atomic E-state index is 6.12. The molecule has 112 valence electrons. The zero-order chi connectivity index (χ0) is 14.4. The highest BCUT2D eigenvalue weighted by molar-refractivity contribution is 5.36. The fourth-order valence-corrected chi connectivity index (χ4v) is 3.11. The predicted octanol–water partition coefficient (Wildman–Crippen LogP) is 3.01. The van der Waals surface area contributed by atoms with E-state index < -0.39 is 0 Å². The van der Waals surface area contributed by atoms with Crippen LogP contribution in [0.2, 0.25) is 0 Å². The van der Waals surface area contributed by atoms with Gasteiger partial charge in [-0.25, -0.2) is 0 Å². The molecule has 2 unspecified atom stereocenters. The molecule has 1 N–H and O–H groups in total. The van der Waals surface area contributed by atoms with Crippen LogP contribution in [0, 0.1) is 19.8 Å². The van der Waals surface area contributed by atoms with Crippen LogP contribution >= 0.6 is 0 Å². The maximum Gasteiger partial charge on any atom is 0.0870 e. The van der Waals surface area contributed by atoms with Crippen LogP contribution in [0.25, 0.3) is 0 Å². The van der Waals surface area contributed by atoms with Crippen LogP contribution in [0.1, 0.15) is 35.6 Å². The number of hydrogen-bond donors (Lipinski definition) is 1. The van der Waals surface area contributed by atoms with Gasteiger partial charge in [0.05, 0.1) is 12.7 Å². The molecule has 1 heterocycles. The smallest absolute Gasteiger partial charge is 0.0870 e. The van der Waals surface area contributed by atoms with Gasteiger partial charge in [0.1, 0.15) is 0 Å². The Kier molecular flexibility index (Phi) is 6.02. The molecule has 1 fully saturated rings. The third-order valence-electron chi connectivity index (χ3n) is 4.16. The van der Waals surface area contributed by atoms with Crippen LogP contribution in [-0.2, 0) is 9.47 Å². The van der Waals surface area contributed by atoms with Crippen LogP contribution in [-0.4, -0.2) is 33.4 Å². The number of hydrogen-bond acceptors (Lipinski definition) is 3. The van der Waals surface area contributed by atoms with Crippen molar-refractivity contribution in [3.05, 3.63) is 34.9 Å². The van der Waals surface area contributed by atoms with Crippen molar-refractivity contribution in [2.45, 2.75) is 32.8 Å². The fourth-order valence-electron chi connectivity index (χ4n) is 3.11. The second-order valence-corrected chi connectivity index (χ2v) is 5.70. The van der Waals surface area contributed by atoms with Gasteiger partial charge >= 0.3 is 0 Å². The molecule has 0 spiro atoms. The summed E-state index contributed by atoms with van der Waals surface area (Å²) in [5.41, 5.74) is 4.09. The van der Waals surface area contributed by atoms with Gasteiger partial charge < -0.3 is 14.8 Å². The Labute approximate surface area is 122 Å². The summed E-state index contributed by atoms with van der Waals surface area (Å²) in [7, 11) is 1.74. The molecule has 0 saturated carbocycles.